The van der Waals surface area contributed by atoms with Crippen LogP contribution in [0, 0.1) is 6.92 Å². The summed E-state index contributed by atoms with van der Waals surface area (Å²) in [5.41, 5.74) is 4.84. The summed E-state index contributed by atoms with van der Waals surface area (Å²) in [6, 6.07) is 5.74. The van der Waals surface area contributed by atoms with E-state index in [1.165, 1.54) is 11.3 Å². The fraction of sp³-hybridized carbons (Fsp3) is 0.231. The van der Waals surface area contributed by atoms with Gasteiger partial charge in [0.1, 0.15) is 13.2 Å². The van der Waals surface area contributed by atoms with Gasteiger partial charge in [0.25, 0.3) is 0 Å². The molecule has 1 aliphatic heterocycles. The first-order chi connectivity index (χ1) is 9.31. The van der Waals surface area contributed by atoms with Crippen LogP contribution in [0.4, 0.5) is 5.13 Å². The van der Waals surface area contributed by atoms with E-state index in [4.69, 9.17) is 9.47 Å². The molecule has 2 aromatic rings. The van der Waals surface area contributed by atoms with Gasteiger partial charge in [-0.1, -0.05) is 0 Å². The maximum Gasteiger partial charge on any atom is 0.203 e. The second kappa shape index (κ2) is 5.27. The van der Waals surface area contributed by atoms with Crippen LogP contribution in [0.15, 0.2) is 28.7 Å². The molecule has 1 aromatic carbocycles. The molecule has 6 heteroatoms. The van der Waals surface area contributed by atoms with E-state index in [2.05, 4.69) is 15.5 Å². The monoisotopic (exact) mass is 275 g/mol. The first-order valence-electron chi connectivity index (χ1n) is 5.92. The molecule has 2 heterocycles. The number of fused-ring (bicyclic) bond motifs is 1. The minimum absolute atomic E-state index is 0.588. The molecule has 1 N–H and O–H groups in total. The van der Waals surface area contributed by atoms with Crippen LogP contribution in [0.1, 0.15) is 11.3 Å². The molecule has 3 rings (SSSR count). The van der Waals surface area contributed by atoms with Crippen LogP contribution in [0.25, 0.3) is 0 Å². The van der Waals surface area contributed by atoms with E-state index < -0.39 is 0 Å². The molecule has 0 unspecified atom stereocenters. The number of hydrogen-bond donors (Lipinski definition) is 1. The lowest BCUT2D eigenvalue weighted by Gasteiger charge is -2.18. The Morgan fingerprint density at radius 3 is 2.95 bits per heavy atom. The molecule has 0 atom stereocenters. The van der Waals surface area contributed by atoms with Crippen molar-refractivity contribution in [2.24, 2.45) is 5.10 Å². The molecule has 5 nitrogen and oxygen atoms in total. The number of thiazole rings is 1. The maximum atomic E-state index is 5.51. The average Bonchev–Trinajstić information content (AvgIpc) is 2.84. The smallest absolute Gasteiger partial charge is 0.203 e. The summed E-state index contributed by atoms with van der Waals surface area (Å²) < 4.78 is 11.0. The van der Waals surface area contributed by atoms with Crippen LogP contribution in [-0.2, 0) is 0 Å². The summed E-state index contributed by atoms with van der Waals surface area (Å²) in [6.45, 7) is 3.14. The Labute approximate surface area is 114 Å². The van der Waals surface area contributed by atoms with Crippen molar-refractivity contribution >= 4 is 22.7 Å². The highest BCUT2D eigenvalue weighted by molar-refractivity contribution is 7.13. The largest absolute Gasteiger partial charge is 0.486 e. The molecular formula is C13H13N3O2S. The summed E-state index contributed by atoms with van der Waals surface area (Å²) >= 11 is 1.53. The number of benzene rings is 1. The number of aryl methyl sites for hydroxylation is 1. The summed E-state index contributed by atoms with van der Waals surface area (Å²) in [5.74, 6) is 1.55. The van der Waals surface area contributed by atoms with Crippen LogP contribution in [0.3, 0.4) is 0 Å². The van der Waals surface area contributed by atoms with Crippen LogP contribution < -0.4 is 14.9 Å². The minimum Gasteiger partial charge on any atom is -0.486 e. The Bertz CT molecular complexity index is 610. The van der Waals surface area contributed by atoms with Crippen LogP contribution >= 0.6 is 11.3 Å². The summed E-state index contributed by atoms with van der Waals surface area (Å²) in [7, 11) is 0. The van der Waals surface area contributed by atoms with E-state index in [1.54, 1.807) is 6.21 Å². The Morgan fingerprint density at radius 1 is 1.32 bits per heavy atom. The molecule has 1 aromatic heterocycles. The van der Waals surface area contributed by atoms with Gasteiger partial charge in [-0.05, 0) is 30.7 Å². The number of nitrogens with one attached hydrogen (secondary N) is 1. The standard InChI is InChI=1S/C13H13N3O2S/c1-9-8-19-13(15-9)16-14-7-10-2-3-11-12(6-10)18-5-4-17-11/h2-3,6-8H,4-5H2,1H3,(H,15,16). The van der Waals surface area contributed by atoms with Crippen molar-refractivity contribution in [1.82, 2.24) is 4.98 Å². The predicted molar refractivity (Wildman–Crippen MR) is 75.5 cm³/mol. The summed E-state index contributed by atoms with van der Waals surface area (Å²) in [5, 5.41) is 6.91. The molecule has 0 radical (unpaired) electrons. The molecule has 0 bridgehead atoms. The number of hydrogen-bond acceptors (Lipinski definition) is 6. The molecule has 1 aliphatic rings. The molecule has 0 amide bonds. The first kappa shape index (κ1) is 12.0. The van der Waals surface area contributed by atoms with Gasteiger partial charge in [0.2, 0.25) is 5.13 Å². The van der Waals surface area contributed by atoms with Crippen LogP contribution in [0.2, 0.25) is 0 Å². The number of hydrazone groups is 1. The Hall–Kier alpha value is -2.08. The van der Waals surface area contributed by atoms with E-state index in [0.717, 1.165) is 27.9 Å². The van der Waals surface area contributed by atoms with Crippen molar-refractivity contribution in [3.05, 3.63) is 34.8 Å². The Kier molecular flexibility index (Phi) is 3.33. The van der Waals surface area contributed by atoms with E-state index in [-0.39, 0.29) is 0 Å². The third-order valence-corrected chi connectivity index (χ3v) is 3.42. The topological polar surface area (TPSA) is 55.7 Å². The zero-order valence-electron chi connectivity index (χ0n) is 10.4. The maximum absolute atomic E-state index is 5.51. The predicted octanol–water partition coefficient (Wildman–Crippen LogP) is 2.67. The molecule has 0 aliphatic carbocycles. The highest BCUT2D eigenvalue weighted by Gasteiger charge is 2.10. The van der Waals surface area contributed by atoms with E-state index in [1.807, 2.05) is 30.5 Å². The van der Waals surface area contributed by atoms with Crippen molar-refractivity contribution in [2.45, 2.75) is 6.92 Å². The van der Waals surface area contributed by atoms with Gasteiger partial charge in [-0.15, -0.1) is 11.3 Å². The van der Waals surface area contributed by atoms with Crippen molar-refractivity contribution in [2.75, 3.05) is 18.6 Å². The van der Waals surface area contributed by atoms with Crippen LogP contribution in [-0.4, -0.2) is 24.4 Å². The summed E-state index contributed by atoms with van der Waals surface area (Å²) in [4.78, 5) is 4.26. The second-order valence-corrected chi connectivity index (χ2v) is 4.93. The molecule has 0 saturated heterocycles. The molecule has 19 heavy (non-hydrogen) atoms. The van der Waals surface area contributed by atoms with Crippen molar-refractivity contribution < 1.29 is 9.47 Å². The van der Waals surface area contributed by atoms with Gasteiger partial charge < -0.3 is 9.47 Å². The van der Waals surface area contributed by atoms with Crippen molar-refractivity contribution in [3.63, 3.8) is 0 Å². The van der Waals surface area contributed by atoms with E-state index in [9.17, 15) is 0 Å². The molecule has 0 spiro atoms. The van der Waals surface area contributed by atoms with E-state index in [0.29, 0.717) is 13.2 Å². The number of ether oxygens (including phenoxy) is 2. The van der Waals surface area contributed by atoms with Gasteiger partial charge in [-0.25, -0.2) is 4.98 Å². The fourth-order valence-electron chi connectivity index (χ4n) is 1.71. The second-order valence-electron chi connectivity index (χ2n) is 4.07. The first-order valence-corrected chi connectivity index (χ1v) is 6.80. The highest BCUT2D eigenvalue weighted by Crippen LogP contribution is 2.30. The van der Waals surface area contributed by atoms with Gasteiger partial charge in [0.05, 0.1) is 11.9 Å². The van der Waals surface area contributed by atoms with Gasteiger partial charge in [-0.2, -0.15) is 5.10 Å². The number of nitrogens with zero attached hydrogens (tertiary/aromatic N) is 2. The van der Waals surface area contributed by atoms with Gasteiger partial charge in [0.15, 0.2) is 11.5 Å². The lowest BCUT2D eigenvalue weighted by molar-refractivity contribution is 0.171. The number of aromatic nitrogens is 1. The normalized spacial score (nSPS) is 13.7. The lowest BCUT2D eigenvalue weighted by atomic mass is 10.2. The minimum atomic E-state index is 0.588. The van der Waals surface area contributed by atoms with Crippen molar-refractivity contribution in [3.8, 4) is 11.5 Å². The molecule has 0 saturated carbocycles. The van der Waals surface area contributed by atoms with Gasteiger partial charge in [0, 0.05) is 5.38 Å². The third-order valence-electron chi connectivity index (χ3n) is 2.56. The number of rotatable bonds is 3. The molecular weight excluding hydrogens is 262 g/mol. The zero-order chi connectivity index (χ0) is 13.1. The average molecular weight is 275 g/mol. The molecule has 98 valence electrons. The number of anilines is 1. The van der Waals surface area contributed by atoms with Crippen molar-refractivity contribution in [1.29, 1.82) is 0 Å². The SMILES string of the molecule is Cc1csc(NN=Cc2ccc3c(c2)OCCO3)n1. The third kappa shape index (κ3) is 2.85. The quantitative estimate of drug-likeness (QED) is 0.691. The van der Waals surface area contributed by atoms with E-state index >= 15 is 0 Å². The summed E-state index contributed by atoms with van der Waals surface area (Å²) in [6.07, 6.45) is 1.73. The highest BCUT2D eigenvalue weighted by atomic mass is 32.1. The Balaban J connectivity index is 1.69. The van der Waals surface area contributed by atoms with Crippen LogP contribution in [0.5, 0.6) is 11.5 Å². The Morgan fingerprint density at radius 2 is 2.16 bits per heavy atom. The lowest BCUT2D eigenvalue weighted by Crippen LogP contribution is -2.15. The van der Waals surface area contributed by atoms with Gasteiger partial charge in [-0.3, -0.25) is 5.43 Å². The zero-order valence-corrected chi connectivity index (χ0v) is 11.2. The van der Waals surface area contributed by atoms with Gasteiger partial charge >= 0.3 is 0 Å². The fourth-order valence-corrected chi connectivity index (χ4v) is 2.34. The molecule has 0 fully saturated rings.